The van der Waals surface area contributed by atoms with Crippen LogP contribution in [0.25, 0.3) is 11.1 Å². The van der Waals surface area contributed by atoms with Crippen LogP contribution >= 0.6 is 0 Å². The van der Waals surface area contributed by atoms with E-state index in [-0.39, 0.29) is 18.7 Å². The van der Waals surface area contributed by atoms with Gasteiger partial charge < -0.3 is 35.0 Å². The summed E-state index contributed by atoms with van der Waals surface area (Å²) in [5.41, 5.74) is 3.87. The number of hydrogen-bond donors (Lipinski definition) is 3. The van der Waals surface area contributed by atoms with Crippen LogP contribution < -0.4 is 15.5 Å². The average Bonchev–Trinajstić information content (AvgIpc) is 3.34. The summed E-state index contributed by atoms with van der Waals surface area (Å²) in [4.78, 5) is 21.5. The molecule has 2 aromatic rings. The Bertz CT molecular complexity index is 964. The van der Waals surface area contributed by atoms with Crippen LogP contribution in [-0.2, 0) is 9.47 Å². The summed E-state index contributed by atoms with van der Waals surface area (Å²) >= 11 is 0. The lowest BCUT2D eigenvalue weighted by molar-refractivity contribution is 0.111. The lowest BCUT2D eigenvalue weighted by atomic mass is 10.00. The summed E-state index contributed by atoms with van der Waals surface area (Å²) in [6.07, 6.45) is 0.957. The highest BCUT2D eigenvalue weighted by Crippen LogP contribution is 2.31. The molecule has 0 bridgehead atoms. The van der Waals surface area contributed by atoms with Crippen molar-refractivity contribution in [2.75, 3.05) is 75.2 Å². The molecular formula is C24H33N5O4. The van der Waals surface area contributed by atoms with E-state index in [1.54, 1.807) is 12.0 Å². The first-order valence-electron chi connectivity index (χ1n) is 11.5. The summed E-state index contributed by atoms with van der Waals surface area (Å²) in [6, 6.07) is 9.90. The molecule has 4 rings (SSSR count). The summed E-state index contributed by atoms with van der Waals surface area (Å²) in [6.45, 7) is 6.71. The second-order valence-electron chi connectivity index (χ2n) is 8.40. The number of aromatic nitrogens is 1. The Morgan fingerprint density at radius 3 is 2.79 bits per heavy atom. The maximum absolute atomic E-state index is 12.7. The van der Waals surface area contributed by atoms with Gasteiger partial charge in [-0.3, -0.25) is 0 Å². The number of morpholine rings is 1. The lowest BCUT2D eigenvalue weighted by Crippen LogP contribution is -2.36. The molecule has 0 unspecified atom stereocenters. The number of aryl methyl sites for hydroxylation is 1. The van der Waals surface area contributed by atoms with E-state index in [4.69, 9.17) is 14.5 Å². The quantitative estimate of drug-likeness (QED) is 0.590. The molecule has 33 heavy (non-hydrogen) atoms. The first kappa shape index (κ1) is 23.3. The highest BCUT2D eigenvalue weighted by Gasteiger charge is 2.26. The van der Waals surface area contributed by atoms with Gasteiger partial charge in [0, 0.05) is 45.5 Å². The highest BCUT2D eigenvalue weighted by molar-refractivity contribution is 5.91. The van der Waals surface area contributed by atoms with Gasteiger partial charge in [0.25, 0.3) is 0 Å². The lowest BCUT2D eigenvalue weighted by Gasteiger charge is -2.28. The maximum Gasteiger partial charge on any atom is 0.321 e. The Labute approximate surface area is 194 Å². The molecular weight excluding hydrogens is 422 g/mol. The maximum atomic E-state index is 12.7. The SMILES string of the molecule is CO[C@@H]1CCN(C(=O)Nc2ccc(C)c(-c3cc(NCCO)nc(N4CCOCC4)c3)c2)C1. The standard InChI is InChI=1S/C24H33N5O4/c1-17-3-4-19(26-24(31)29-7-5-20(16-29)32-2)15-21(17)18-13-22(25-6-10-30)27-23(14-18)28-8-11-33-12-9-28/h3-4,13-15,20,30H,5-12,16H2,1-2H3,(H,25,27)(H,26,31)/t20-/m1/s1. The first-order chi connectivity index (χ1) is 16.1. The van der Waals surface area contributed by atoms with Crippen LogP contribution in [0.3, 0.4) is 0 Å². The number of nitrogens with zero attached hydrogens (tertiary/aromatic N) is 3. The van der Waals surface area contributed by atoms with E-state index in [9.17, 15) is 9.90 Å². The zero-order valence-electron chi connectivity index (χ0n) is 19.3. The van der Waals surface area contributed by atoms with Gasteiger partial charge >= 0.3 is 6.03 Å². The second kappa shape index (κ2) is 10.8. The molecule has 1 aromatic heterocycles. The number of carbonyl (C=O) groups excluding carboxylic acids is 1. The normalized spacial score (nSPS) is 18.5. The van der Waals surface area contributed by atoms with E-state index in [2.05, 4.69) is 28.5 Å². The van der Waals surface area contributed by atoms with Crippen molar-refractivity contribution >= 4 is 23.4 Å². The van der Waals surface area contributed by atoms with Gasteiger partial charge in [0.05, 0.1) is 25.9 Å². The molecule has 9 nitrogen and oxygen atoms in total. The number of amides is 2. The van der Waals surface area contributed by atoms with E-state index in [1.807, 2.05) is 24.3 Å². The Balaban J connectivity index is 1.59. The number of urea groups is 1. The molecule has 0 spiro atoms. The number of nitrogens with one attached hydrogen (secondary N) is 2. The molecule has 0 saturated carbocycles. The molecule has 0 radical (unpaired) electrons. The highest BCUT2D eigenvalue weighted by atomic mass is 16.5. The molecule has 2 amide bonds. The number of carbonyl (C=O) groups is 1. The fourth-order valence-corrected chi connectivity index (χ4v) is 4.22. The Hall–Kier alpha value is -2.88. The van der Waals surface area contributed by atoms with Crippen LogP contribution in [-0.4, -0.2) is 86.8 Å². The fourth-order valence-electron chi connectivity index (χ4n) is 4.22. The fraction of sp³-hybridized carbons (Fsp3) is 0.500. The molecule has 2 aliphatic heterocycles. The predicted octanol–water partition coefficient (Wildman–Crippen LogP) is 2.55. The van der Waals surface area contributed by atoms with Crippen molar-refractivity contribution in [1.82, 2.24) is 9.88 Å². The van der Waals surface area contributed by atoms with E-state index < -0.39 is 0 Å². The van der Waals surface area contributed by atoms with Gasteiger partial charge in [-0.2, -0.15) is 0 Å². The third-order valence-corrected chi connectivity index (χ3v) is 6.13. The number of benzene rings is 1. The Kier molecular flexibility index (Phi) is 7.64. The molecule has 178 valence electrons. The smallest absolute Gasteiger partial charge is 0.321 e. The predicted molar refractivity (Wildman–Crippen MR) is 129 cm³/mol. The third kappa shape index (κ3) is 5.73. The van der Waals surface area contributed by atoms with Gasteiger partial charge in [-0.05, 0) is 54.3 Å². The van der Waals surface area contributed by atoms with Crippen molar-refractivity contribution in [3.05, 3.63) is 35.9 Å². The molecule has 2 fully saturated rings. The number of methoxy groups -OCH3 is 1. The molecule has 9 heteroatoms. The zero-order valence-corrected chi connectivity index (χ0v) is 19.3. The monoisotopic (exact) mass is 455 g/mol. The average molecular weight is 456 g/mol. The zero-order chi connectivity index (χ0) is 23.2. The molecule has 0 aliphatic carbocycles. The molecule has 2 aliphatic rings. The molecule has 1 aromatic carbocycles. The van der Waals surface area contributed by atoms with Crippen LogP contribution in [0.15, 0.2) is 30.3 Å². The van der Waals surface area contributed by atoms with Gasteiger partial charge in [0.1, 0.15) is 11.6 Å². The largest absolute Gasteiger partial charge is 0.395 e. The number of pyridine rings is 1. The molecule has 2 saturated heterocycles. The third-order valence-electron chi connectivity index (χ3n) is 6.13. The number of rotatable bonds is 7. The van der Waals surface area contributed by atoms with Gasteiger partial charge in [0.2, 0.25) is 0 Å². The van der Waals surface area contributed by atoms with Crippen molar-refractivity contribution in [2.24, 2.45) is 0 Å². The molecule has 1 atom stereocenters. The van der Waals surface area contributed by atoms with Crippen LogP contribution in [0.4, 0.5) is 22.1 Å². The van der Waals surface area contributed by atoms with Crippen LogP contribution in [0.5, 0.6) is 0 Å². The molecule has 3 N–H and O–H groups in total. The second-order valence-corrected chi connectivity index (χ2v) is 8.40. The minimum atomic E-state index is -0.113. The minimum Gasteiger partial charge on any atom is -0.395 e. The number of anilines is 3. The van der Waals surface area contributed by atoms with Gasteiger partial charge in [-0.25, -0.2) is 9.78 Å². The van der Waals surface area contributed by atoms with Gasteiger partial charge in [-0.1, -0.05) is 6.07 Å². The molecule has 3 heterocycles. The minimum absolute atomic E-state index is 0.0275. The Morgan fingerprint density at radius 2 is 2.06 bits per heavy atom. The van der Waals surface area contributed by atoms with Gasteiger partial charge in [-0.15, -0.1) is 0 Å². The van der Waals surface area contributed by atoms with E-state index in [0.717, 1.165) is 47.7 Å². The number of likely N-dealkylation sites (tertiary alicyclic amines) is 1. The van der Waals surface area contributed by atoms with E-state index in [0.29, 0.717) is 38.7 Å². The Morgan fingerprint density at radius 1 is 1.24 bits per heavy atom. The van der Waals surface area contributed by atoms with Crippen molar-refractivity contribution < 1.29 is 19.4 Å². The van der Waals surface area contributed by atoms with Gasteiger partial charge in [0.15, 0.2) is 0 Å². The summed E-state index contributed by atoms with van der Waals surface area (Å²) in [5.74, 6) is 1.58. The topological polar surface area (TPSA) is 99.2 Å². The number of hydrogen-bond acceptors (Lipinski definition) is 7. The van der Waals surface area contributed by atoms with Crippen LogP contribution in [0, 0.1) is 6.92 Å². The van der Waals surface area contributed by atoms with Crippen molar-refractivity contribution in [3.63, 3.8) is 0 Å². The summed E-state index contributed by atoms with van der Waals surface area (Å²) in [7, 11) is 1.68. The van der Waals surface area contributed by atoms with Crippen molar-refractivity contribution in [3.8, 4) is 11.1 Å². The van der Waals surface area contributed by atoms with Crippen molar-refractivity contribution in [2.45, 2.75) is 19.4 Å². The van der Waals surface area contributed by atoms with Crippen LogP contribution in [0.1, 0.15) is 12.0 Å². The number of aliphatic hydroxyl groups is 1. The first-order valence-corrected chi connectivity index (χ1v) is 11.5. The van der Waals surface area contributed by atoms with Crippen molar-refractivity contribution in [1.29, 1.82) is 0 Å². The number of aliphatic hydroxyl groups excluding tert-OH is 1. The van der Waals surface area contributed by atoms with E-state index in [1.165, 1.54) is 0 Å². The summed E-state index contributed by atoms with van der Waals surface area (Å²) in [5, 5.41) is 15.5. The summed E-state index contributed by atoms with van der Waals surface area (Å²) < 4.78 is 10.9. The van der Waals surface area contributed by atoms with Crippen LogP contribution in [0.2, 0.25) is 0 Å². The van der Waals surface area contributed by atoms with E-state index >= 15 is 0 Å². The number of ether oxygens (including phenoxy) is 2.